The fraction of sp³-hybridized carbons (Fsp3) is 0.391. The first-order valence-corrected chi connectivity index (χ1v) is 21.6. The van der Waals surface area contributed by atoms with Gasteiger partial charge < -0.3 is 19.6 Å². The molecule has 2 aromatic carbocycles. The molecule has 7 heterocycles. The zero-order chi connectivity index (χ0) is 43.7. The molecule has 0 atom stereocenters. The quantitative estimate of drug-likeness (QED) is 0.132. The van der Waals surface area contributed by atoms with Crippen molar-refractivity contribution in [2.24, 2.45) is 5.92 Å². The van der Waals surface area contributed by atoms with Crippen molar-refractivity contribution in [1.29, 1.82) is 0 Å². The van der Waals surface area contributed by atoms with Gasteiger partial charge in [-0.1, -0.05) is 38.1 Å². The van der Waals surface area contributed by atoms with Crippen molar-refractivity contribution in [3.63, 3.8) is 0 Å². The van der Waals surface area contributed by atoms with Crippen LogP contribution >= 0.6 is 0 Å². The molecule has 63 heavy (non-hydrogen) atoms. The number of rotatable bonds is 11. The van der Waals surface area contributed by atoms with Crippen LogP contribution in [0.3, 0.4) is 0 Å². The number of anilines is 3. The molecule has 0 saturated carbocycles. The number of aromatic nitrogens is 6. The largest absolute Gasteiger partial charge is 0.372 e. The van der Waals surface area contributed by atoms with Gasteiger partial charge in [-0.15, -0.1) is 0 Å². The fourth-order valence-electron chi connectivity index (χ4n) is 8.45. The SMILES string of the molecule is CC(C)(C)c1noc(C(=O)NCc2ccc(-c3[nH]nc4ncc(-c5ccc(N6CCN(CCC7CCN(c8ccc(N9CCC(=O)NC9=O)cc8)CC7)CC6)cn5)cc34)cc2F)n1. The van der Waals surface area contributed by atoms with E-state index in [9.17, 15) is 14.4 Å². The number of nitrogens with one attached hydrogen (secondary N) is 3. The number of aromatic amines is 1. The van der Waals surface area contributed by atoms with Gasteiger partial charge in [0.15, 0.2) is 11.5 Å². The van der Waals surface area contributed by atoms with E-state index in [2.05, 4.69) is 68.9 Å². The smallest absolute Gasteiger partial charge is 0.328 e. The summed E-state index contributed by atoms with van der Waals surface area (Å²) in [4.78, 5) is 58.9. The number of piperidine rings is 1. The molecule has 17 heteroatoms. The average Bonchev–Trinajstić information content (AvgIpc) is 3.98. The summed E-state index contributed by atoms with van der Waals surface area (Å²) in [6.07, 6.45) is 7.52. The Bertz CT molecular complexity index is 2610. The van der Waals surface area contributed by atoms with Crippen LogP contribution in [0.15, 0.2) is 77.6 Å². The van der Waals surface area contributed by atoms with Gasteiger partial charge in [0, 0.05) is 104 Å². The Morgan fingerprint density at radius 2 is 1.60 bits per heavy atom. The zero-order valence-corrected chi connectivity index (χ0v) is 35.7. The van der Waals surface area contributed by atoms with E-state index >= 15 is 4.39 Å². The zero-order valence-electron chi connectivity index (χ0n) is 35.7. The second-order valence-corrected chi connectivity index (χ2v) is 17.6. The molecular weight excluding hydrogens is 804 g/mol. The lowest BCUT2D eigenvalue weighted by Gasteiger charge is -2.38. The summed E-state index contributed by atoms with van der Waals surface area (Å²) in [5.41, 5.74) is 6.33. The standard InChI is InChI=1S/C46H51FN12O4/c1-46(2,3)44-52-43(63-55-44)42(61)50-26-31-5-4-30(25-37(31)47)40-36-24-32(27-49-41(36)54-53-40)38-11-10-35(28-48-38)58-22-20-56(21-23-58)16-12-29-13-17-57(18-14-29)33-6-8-34(9-7-33)59-19-15-39(60)51-45(59)62/h4-11,24-25,27-29H,12-23,26H2,1-3H3,(H,50,61)(H,49,53,54)(H,51,60,62). The highest BCUT2D eigenvalue weighted by Crippen LogP contribution is 2.32. The number of pyridine rings is 2. The minimum absolute atomic E-state index is 0.0545. The van der Waals surface area contributed by atoms with Crippen LogP contribution in [0.5, 0.6) is 0 Å². The number of carbonyl (C=O) groups excluding carboxylic acids is 3. The average molecular weight is 855 g/mol. The molecule has 9 rings (SSSR count). The summed E-state index contributed by atoms with van der Waals surface area (Å²) in [5.74, 6) is -0.330. The normalized spacial score (nSPS) is 16.8. The van der Waals surface area contributed by atoms with Gasteiger partial charge in [-0.05, 0) is 80.3 Å². The molecule has 4 aromatic heterocycles. The molecular formula is C46H51FN12O4. The number of fused-ring (bicyclic) bond motifs is 1. The van der Waals surface area contributed by atoms with Crippen LogP contribution in [-0.4, -0.2) is 105 Å². The van der Waals surface area contributed by atoms with Crippen molar-refractivity contribution in [3.8, 4) is 22.5 Å². The number of hydrogen-bond acceptors (Lipinski definition) is 12. The molecule has 3 fully saturated rings. The van der Waals surface area contributed by atoms with E-state index in [1.165, 1.54) is 31.0 Å². The van der Waals surface area contributed by atoms with E-state index in [-0.39, 0.29) is 29.8 Å². The van der Waals surface area contributed by atoms with Crippen LogP contribution in [0, 0.1) is 11.7 Å². The number of halogens is 1. The van der Waals surface area contributed by atoms with Crippen LogP contribution in [0.25, 0.3) is 33.5 Å². The van der Waals surface area contributed by atoms with Gasteiger partial charge in [-0.25, -0.2) is 14.2 Å². The van der Waals surface area contributed by atoms with Gasteiger partial charge in [-0.3, -0.25) is 34.8 Å². The maximum absolute atomic E-state index is 15.4. The van der Waals surface area contributed by atoms with Crippen LogP contribution in [0.2, 0.25) is 0 Å². The lowest BCUT2D eigenvalue weighted by atomic mass is 9.93. The number of benzene rings is 2. The molecule has 0 spiro atoms. The molecule has 3 N–H and O–H groups in total. The van der Waals surface area contributed by atoms with E-state index in [0.717, 1.165) is 73.8 Å². The number of carbonyl (C=O) groups is 3. The molecule has 0 aliphatic carbocycles. The third kappa shape index (κ3) is 9.23. The number of piperazine rings is 1. The highest BCUT2D eigenvalue weighted by molar-refractivity contribution is 6.05. The number of urea groups is 1. The highest BCUT2D eigenvalue weighted by atomic mass is 19.1. The maximum atomic E-state index is 15.4. The summed E-state index contributed by atoms with van der Waals surface area (Å²) in [6.45, 7) is 13.1. The van der Waals surface area contributed by atoms with E-state index in [1.54, 1.807) is 23.2 Å². The van der Waals surface area contributed by atoms with Crippen molar-refractivity contribution in [2.45, 2.75) is 58.4 Å². The predicted octanol–water partition coefficient (Wildman–Crippen LogP) is 6.31. The summed E-state index contributed by atoms with van der Waals surface area (Å²) in [5, 5.41) is 17.0. The van der Waals surface area contributed by atoms with Gasteiger partial charge in [0.25, 0.3) is 0 Å². The second-order valence-electron chi connectivity index (χ2n) is 17.6. The molecule has 3 aliphatic heterocycles. The van der Waals surface area contributed by atoms with E-state index in [0.29, 0.717) is 47.2 Å². The Labute approximate surface area is 364 Å². The van der Waals surface area contributed by atoms with Gasteiger partial charge in [-0.2, -0.15) is 10.1 Å². The number of hydrogen-bond donors (Lipinski definition) is 3. The molecule has 3 aliphatic rings. The summed E-state index contributed by atoms with van der Waals surface area (Å²) in [6, 6.07) is 18.7. The van der Waals surface area contributed by atoms with Crippen LogP contribution < -0.4 is 25.3 Å². The Kier molecular flexibility index (Phi) is 11.6. The highest BCUT2D eigenvalue weighted by Gasteiger charge is 2.27. The number of H-pyrrole nitrogens is 1. The van der Waals surface area contributed by atoms with Crippen molar-refractivity contribution in [1.82, 2.24) is 45.8 Å². The van der Waals surface area contributed by atoms with E-state index in [1.807, 2.05) is 51.2 Å². The van der Waals surface area contributed by atoms with Gasteiger partial charge in [0.1, 0.15) is 5.82 Å². The predicted molar refractivity (Wildman–Crippen MR) is 237 cm³/mol. The topological polar surface area (TPSA) is 182 Å². The molecule has 326 valence electrons. The second kappa shape index (κ2) is 17.6. The molecule has 3 saturated heterocycles. The minimum Gasteiger partial charge on any atom is -0.372 e. The van der Waals surface area contributed by atoms with E-state index < -0.39 is 11.7 Å². The Morgan fingerprint density at radius 3 is 2.30 bits per heavy atom. The Hall–Kier alpha value is -6.75. The lowest BCUT2D eigenvalue weighted by Crippen LogP contribution is -2.49. The Balaban J connectivity index is 0.741. The van der Waals surface area contributed by atoms with Crippen LogP contribution in [-0.2, 0) is 16.8 Å². The monoisotopic (exact) mass is 854 g/mol. The summed E-state index contributed by atoms with van der Waals surface area (Å²) < 4.78 is 20.5. The molecule has 4 amide bonds. The number of nitrogens with zero attached hydrogens (tertiary/aromatic N) is 9. The summed E-state index contributed by atoms with van der Waals surface area (Å²) >= 11 is 0. The maximum Gasteiger partial charge on any atom is 0.328 e. The van der Waals surface area contributed by atoms with Gasteiger partial charge >= 0.3 is 17.8 Å². The van der Waals surface area contributed by atoms with Crippen molar-refractivity contribution in [3.05, 3.63) is 96.2 Å². The molecule has 16 nitrogen and oxygen atoms in total. The van der Waals surface area contributed by atoms with Crippen LogP contribution in [0.4, 0.5) is 26.2 Å². The van der Waals surface area contributed by atoms with Crippen molar-refractivity contribution in [2.75, 3.05) is 67.1 Å². The third-order valence-corrected chi connectivity index (χ3v) is 12.3. The molecule has 0 radical (unpaired) electrons. The van der Waals surface area contributed by atoms with Gasteiger partial charge in [0.05, 0.1) is 23.3 Å². The van der Waals surface area contributed by atoms with Crippen molar-refractivity contribution < 1.29 is 23.3 Å². The summed E-state index contributed by atoms with van der Waals surface area (Å²) in [7, 11) is 0. The number of amides is 4. The Morgan fingerprint density at radius 1 is 0.857 bits per heavy atom. The minimum atomic E-state index is -0.574. The van der Waals surface area contributed by atoms with Crippen molar-refractivity contribution >= 4 is 45.9 Å². The first kappa shape index (κ1) is 41.6. The first-order valence-electron chi connectivity index (χ1n) is 21.6. The van der Waals surface area contributed by atoms with Gasteiger partial charge in [0.2, 0.25) is 5.91 Å². The number of imide groups is 1. The fourth-order valence-corrected chi connectivity index (χ4v) is 8.45. The molecule has 6 aromatic rings. The molecule has 0 bridgehead atoms. The third-order valence-electron chi connectivity index (χ3n) is 12.3. The van der Waals surface area contributed by atoms with E-state index in [4.69, 9.17) is 9.51 Å². The molecule has 0 unspecified atom stereocenters. The van der Waals surface area contributed by atoms with Crippen LogP contribution in [0.1, 0.15) is 68.5 Å². The first-order chi connectivity index (χ1) is 30.4. The lowest BCUT2D eigenvalue weighted by molar-refractivity contribution is -0.120.